The molecule has 0 unspecified atom stereocenters. The monoisotopic (exact) mass is 332 g/mol. The molecule has 0 saturated carbocycles. The van der Waals surface area contributed by atoms with Crippen molar-refractivity contribution in [2.24, 2.45) is 4.99 Å². The molecule has 1 aromatic rings. The van der Waals surface area contributed by atoms with Gasteiger partial charge in [0.05, 0.1) is 11.4 Å². The lowest BCUT2D eigenvalue weighted by molar-refractivity contribution is 1.01. The molecule has 0 bridgehead atoms. The van der Waals surface area contributed by atoms with Gasteiger partial charge in [-0.3, -0.25) is 4.98 Å². The molecule has 2 rings (SSSR count). The third-order valence-corrected chi connectivity index (χ3v) is 3.69. The maximum atomic E-state index is 4.47. The van der Waals surface area contributed by atoms with Crippen molar-refractivity contribution in [3.8, 4) is 0 Å². The first-order chi connectivity index (χ1) is 12.2. The van der Waals surface area contributed by atoms with Gasteiger partial charge in [0, 0.05) is 30.7 Å². The van der Waals surface area contributed by atoms with Crippen molar-refractivity contribution in [2.45, 2.75) is 13.3 Å². The minimum Gasteiger partial charge on any atom is -0.387 e. The van der Waals surface area contributed by atoms with Gasteiger partial charge in [0.1, 0.15) is 5.82 Å². The van der Waals surface area contributed by atoms with E-state index < -0.39 is 0 Å². The van der Waals surface area contributed by atoms with E-state index >= 15 is 0 Å². The first kappa shape index (κ1) is 18.2. The topological polar surface area (TPSA) is 49.3 Å². The highest BCUT2D eigenvalue weighted by Crippen LogP contribution is 2.17. The Bertz CT molecular complexity index is 775. The van der Waals surface area contributed by atoms with E-state index in [2.05, 4.69) is 39.8 Å². The molecule has 1 aromatic heterocycles. The summed E-state index contributed by atoms with van der Waals surface area (Å²) in [6, 6.07) is 3.97. The van der Waals surface area contributed by atoms with Crippen LogP contribution in [0, 0.1) is 0 Å². The molecule has 0 saturated heterocycles. The van der Waals surface area contributed by atoms with Gasteiger partial charge in [-0.1, -0.05) is 43.5 Å². The van der Waals surface area contributed by atoms with Crippen LogP contribution in [0.4, 0.5) is 0 Å². The lowest BCUT2D eigenvalue weighted by atomic mass is 10.1. The Balaban J connectivity index is 2.05. The van der Waals surface area contributed by atoms with Crippen molar-refractivity contribution >= 4 is 17.6 Å². The first-order valence-corrected chi connectivity index (χ1v) is 8.17. The summed E-state index contributed by atoms with van der Waals surface area (Å²) >= 11 is 0. The molecule has 0 fully saturated rings. The molecule has 0 aliphatic carbocycles. The fraction of sp³-hybridized carbons (Fsp3) is 0.143. The van der Waals surface area contributed by atoms with Gasteiger partial charge >= 0.3 is 0 Å². The standard InChI is InChI=1S/C21H24N4/c1-5-7-8-9-17-10-13-21(24-14-17)25-19(6-2)18-11-12-20(23-15-18)16(3)22-4/h5-9,11-15,22,25H,1,3,10H2,2,4H3/b8-7-,17-9+,19-6-. The number of aromatic nitrogens is 1. The van der Waals surface area contributed by atoms with E-state index in [1.165, 1.54) is 0 Å². The summed E-state index contributed by atoms with van der Waals surface area (Å²) in [5, 5.41) is 6.36. The molecule has 2 N–H and O–H groups in total. The second-order valence-electron chi connectivity index (χ2n) is 5.40. The fourth-order valence-electron chi connectivity index (χ4n) is 2.23. The number of pyridine rings is 1. The zero-order valence-corrected chi connectivity index (χ0v) is 14.8. The Morgan fingerprint density at radius 2 is 2.12 bits per heavy atom. The number of hydrogen-bond acceptors (Lipinski definition) is 4. The van der Waals surface area contributed by atoms with Gasteiger partial charge in [0.15, 0.2) is 0 Å². The number of allylic oxidation sites excluding steroid dienone is 7. The van der Waals surface area contributed by atoms with Crippen LogP contribution in [0.25, 0.3) is 11.4 Å². The highest BCUT2D eigenvalue weighted by Gasteiger charge is 2.07. The molecule has 0 atom stereocenters. The van der Waals surface area contributed by atoms with E-state index in [9.17, 15) is 0 Å². The van der Waals surface area contributed by atoms with Crippen LogP contribution >= 0.6 is 0 Å². The summed E-state index contributed by atoms with van der Waals surface area (Å²) < 4.78 is 0. The molecule has 128 valence electrons. The van der Waals surface area contributed by atoms with Crippen molar-refractivity contribution < 1.29 is 0 Å². The van der Waals surface area contributed by atoms with E-state index in [-0.39, 0.29) is 0 Å². The van der Waals surface area contributed by atoms with E-state index in [1.54, 1.807) is 6.08 Å². The number of nitrogens with zero attached hydrogens (tertiary/aromatic N) is 2. The normalized spacial score (nSPS) is 16.0. The highest BCUT2D eigenvalue weighted by molar-refractivity contribution is 5.82. The van der Waals surface area contributed by atoms with Gasteiger partial charge < -0.3 is 10.6 Å². The summed E-state index contributed by atoms with van der Waals surface area (Å²) in [4.78, 5) is 8.91. The quantitative estimate of drug-likeness (QED) is 0.736. The van der Waals surface area contributed by atoms with Crippen LogP contribution in [0.3, 0.4) is 0 Å². The molecular weight excluding hydrogens is 308 g/mol. The fourth-order valence-corrected chi connectivity index (χ4v) is 2.23. The maximum Gasteiger partial charge on any atom is 0.126 e. The van der Waals surface area contributed by atoms with Crippen LogP contribution in [0.5, 0.6) is 0 Å². The van der Waals surface area contributed by atoms with Crippen LogP contribution in [-0.2, 0) is 0 Å². The maximum absolute atomic E-state index is 4.47. The Morgan fingerprint density at radius 1 is 1.28 bits per heavy atom. The molecule has 0 aromatic carbocycles. The van der Waals surface area contributed by atoms with Crippen LogP contribution in [0.2, 0.25) is 0 Å². The summed E-state index contributed by atoms with van der Waals surface area (Å²) in [5.74, 6) is 0.835. The minimum absolute atomic E-state index is 0.797. The van der Waals surface area contributed by atoms with E-state index in [0.29, 0.717) is 0 Å². The lowest BCUT2D eigenvalue weighted by Crippen LogP contribution is -2.13. The van der Waals surface area contributed by atoms with Crippen molar-refractivity contribution in [1.29, 1.82) is 0 Å². The smallest absolute Gasteiger partial charge is 0.126 e. The van der Waals surface area contributed by atoms with E-state index in [1.807, 2.05) is 62.8 Å². The Labute approximate surface area is 149 Å². The molecule has 1 aliphatic rings. The molecule has 0 amide bonds. The average molecular weight is 332 g/mol. The average Bonchev–Trinajstić information content (AvgIpc) is 2.67. The predicted octanol–water partition coefficient (Wildman–Crippen LogP) is 4.21. The van der Waals surface area contributed by atoms with Gasteiger partial charge in [-0.25, -0.2) is 4.99 Å². The van der Waals surface area contributed by atoms with Gasteiger partial charge in [0.25, 0.3) is 0 Å². The van der Waals surface area contributed by atoms with E-state index in [4.69, 9.17) is 0 Å². The van der Waals surface area contributed by atoms with E-state index in [0.717, 1.165) is 40.5 Å². The number of rotatable bonds is 7. The van der Waals surface area contributed by atoms with Gasteiger partial charge in [0.2, 0.25) is 0 Å². The molecule has 25 heavy (non-hydrogen) atoms. The number of hydrogen-bond donors (Lipinski definition) is 2. The van der Waals surface area contributed by atoms with Crippen molar-refractivity contribution in [2.75, 3.05) is 7.05 Å². The second kappa shape index (κ2) is 9.23. The largest absolute Gasteiger partial charge is 0.387 e. The summed E-state index contributed by atoms with van der Waals surface area (Å²) in [6.45, 7) is 9.56. The Hall–Kier alpha value is -3.14. The van der Waals surface area contributed by atoms with Crippen molar-refractivity contribution in [3.05, 3.63) is 90.6 Å². The summed E-state index contributed by atoms with van der Waals surface area (Å²) in [7, 11) is 1.83. The van der Waals surface area contributed by atoms with Crippen LogP contribution in [0.1, 0.15) is 24.6 Å². The summed E-state index contributed by atoms with van der Waals surface area (Å²) in [6.07, 6.45) is 16.3. The molecule has 4 nitrogen and oxygen atoms in total. The number of aliphatic imine (C=N–C) groups is 1. The third-order valence-electron chi connectivity index (χ3n) is 3.69. The highest BCUT2D eigenvalue weighted by atomic mass is 15.0. The minimum atomic E-state index is 0.797. The van der Waals surface area contributed by atoms with Crippen molar-refractivity contribution in [1.82, 2.24) is 15.6 Å². The van der Waals surface area contributed by atoms with Crippen molar-refractivity contribution in [3.63, 3.8) is 0 Å². The summed E-state index contributed by atoms with van der Waals surface area (Å²) in [5.41, 5.74) is 4.75. The van der Waals surface area contributed by atoms with Gasteiger partial charge in [-0.2, -0.15) is 0 Å². The zero-order chi connectivity index (χ0) is 18.1. The lowest BCUT2D eigenvalue weighted by Gasteiger charge is -2.14. The predicted molar refractivity (Wildman–Crippen MR) is 108 cm³/mol. The first-order valence-electron chi connectivity index (χ1n) is 8.17. The molecule has 0 spiro atoms. The Kier molecular flexibility index (Phi) is 6.72. The van der Waals surface area contributed by atoms with Gasteiger partial charge in [-0.15, -0.1) is 0 Å². The molecule has 0 radical (unpaired) electrons. The SMILES string of the molecule is C=C/C=C\C=C1\C=NC(N/C(=C\C)c2ccc(C(=C)NC)nc2)=CC1. The zero-order valence-electron chi connectivity index (χ0n) is 14.8. The molecule has 1 aliphatic heterocycles. The Morgan fingerprint density at radius 3 is 2.68 bits per heavy atom. The van der Waals surface area contributed by atoms with Crippen LogP contribution in [-0.4, -0.2) is 18.2 Å². The van der Waals surface area contributed by atoms with Crippen LogP contribution < -0.4 is 10.6 Å². The molecule has 2 heterocycles. The molecular formula is C21H24N4. The third kappa shape index (κ3) is 5.18. The molecule has 4 heteroatoms. The number of nitrogens with one attached hydrogen (secondary N) is 2. The van der Waals surface area contributed by atoms with Gasteiger partial charge in [-0.05, 0) is 37.1 Å². The second-order valence-corrected chi connectivity index (χ2v) is 5.40. The van der Waals surface area contributed by atoms with Crippen LogP contribution in [0.15, 0.2) is 84.3 Å².